The maximum Gasteiger partial charge on any atom is 0.418 e. The number of nitrogen functional groups attached to an aromatic ring is 1. The molecule has 18 heteroatoms. The van der Waals surface area contributed by atoms with Crippen molar-refractivity contribution in [1.82, 2.24) is 25.7 Å². The predicted molar refractivity (Wildman–Crippen MR) is 159 cm³/mol. The van der Waals surface area contributed by atoms with Crippen LogP contribution < -0.4 is 26.4 Å². The number of benzene rings is 1. The first kappa shape index (κ1) is 31.8. The van der Waals surface area contributed by atoms with Gasteiger partial charge in [0.05, 0.1) is 11.6 Å². The van der Waals surface area contributed by atoms with Crippen LogP contribution in [-0.4, -0.2) is 90.0 Å². The summed E-state index contributed by atoms with van der Waals surface area (Å²) in [5.74, 6) is 0.947. The average Bonchev–Trinajstić information content (AvgIpc) is 3.38. The van der Waals surface area contributed by atoms with Crippen LogP contribution in [0.1, 0.15) is 26.5 Å². The van der Waals surface area contributed by atoms with Gasteiger partial charge in [0.25, 0.3) is 5.91 Å². The number of amides is 2. The molecular formula is C25H32N8O8S2. The van der Waals surface area contributed by atoms with Crippen LogP contribution in [0.25, 0.3) is 10.8 Å². The topological polar surface area (TPSA) is 220 Å². The third-order valence-corrected chi connectivity index (χ3v) is 7.49. The van der Waals surface area contributed by atoms with Gasteiger partial charge >= 0.3 is 10.4 Å². The molecule has 16 nitrogen and oxygen atoms in total. The zero-order valence-corrected chi connectivity index (χ0v) is 25.1. The molecule has 2 saturated heterocycles. The van der Waals surface area contributed by atoms with Crippen molar-refractivity contribution >= 4 is 61.5 Å². The number of pyridine rings is 1. The van der Waals surface area contributed by atoms with Crippen molar-refractivity contribution in [2.24, 2.45) is 5.16 Å². The Labute approximate surface area is 251 Å². The highest BCUT2D eigenvalue weighted by atomic mass is 32.3. The second-order valence-corrected chi connectivity index (χ2v) is 11.9. The Kier molecular flexibility index (Phi) is 9.97. The molecular weight excluding hydrogens is 604 g/mol. The van der Waals surface area contributed by atoms with Crippen molar-refractivity contribution in [1.29, 1.82) is 0 Å². The van der Waals surface area contributed by atoms with Gasteiger partial charge < -0.3 is 31.3 Å². The lowest BCUT2D eigenvalue weighted by atomic mass is 9.85. The minimum absolute atomic E-state index is 0.328. The lowest BCUT2D eigenvalue weighted by Gasteiger charge is -2.50. The second-order valence-electron chi connectivity index (χ2n) is 9.98. The maximum absolute atomic E-state index is 11.2. The van der Waals surface area contributed by atoms with Gasteiger partial charge in [-0.2, -0.15) is 13.5 Å². The van der Waals surface area contributed by atoms with Gasteiger partial charge in [-0.25, -0.2) is 9.97 Å². The fraction of sp³-hybridized carbons (Fsp3) is 0.400. The Morgan fingerprint density at radius 1 is 1.33 bits per heavy atom. The van der Waals surface area contributed by atoms with E-state index >= 15 is 0 Å². The molecule has 2 aromatic heterocycles. The zero-order chi connectivity index (χ0) is 31.2. The molecule has 5 rings (SSSR count). The van der Waals surface area contributed by atoms with E-state index in [1.54, 1.807) is 0 Å². The largest absolute Gasteiger partial charge is 0.490 e. The van der Waals surface area contributed by atoms with Crippen LogP contribution in [-0.2, 0) is 29.1 Å². The van der Waals surface area contributed by atoms with E-state index in [0.717, 1.165) is 41.1 Å². The highest BCUT2D eigenvalue weighted by Gasteiger charge is 2.57. The number of aromatic nitrogens is 2. The minimum atomic E-state index is -4.74. The van der Waals surface area contributed by atoms with E-state index < -0.39 is 27.9 Å². The van der Waals surface area contributed by atoms with Gasteiger partial charge in [0, 0.05) is 30.1 Å². The summed E-state index contributed by atoms with van der Waals surface area (Å²) in [6, 6.07) is 7.54. The molecule has 0 saturated carbocycles. The third-order valence-electron chi connectivity index (χ3n) is 6.48. The van der Waals surface area contributed by atoms with Crippen molar-refractivity contribution in [3.63, 3.8) is 0 Å². The quantitative estimate of drug-likeness (QED) is 0.0467. The molecule has 1 atom stereocenters. The number of carbonyl (C=O) groups is 2. The molecule has 0 aliphatic carbocycles. The van der Waals surface area contributed by atoms with Crippen molar-refractivity contribution in [2.75, 3.05) is 37.4 Å². The Hall–Kier alpha value is -4.10. The fourth-order valence-corrected chi connectivity index (χ4v) is 5.17. The molecule has 2 fully saturated rings. The van der Waals surface area contributed by atoms with Gasteiger partial charge in [-0.05, 0) is 50.4 Å². The fourth-order valence-electron chi connectivity index (χ4n) is 4.11. The number of hydroxylamine groups is 2. The molecule has 0 unspecified atom stereocenters. The molecule has 2 amide bonds. The van der Waals surface area contributed by atoms with Crippen LogP contribution in [0.5, 0.6) is 5.75 Å². The number of thiazole rings is 1. The number of nitrogens with one attached hydrogen (secondary N) is 3. The first-order valence-electron chi connectivity index (χ1n) is 13.0. The molecule has 2 aliphatic rings. The number of hydrogen-bond donors (Lipinski definition) is 5. The normalized spacial score (nSPS) is 18.1. The molecule has 43 heavy (non-hydrogen) atoms. The first-order chi connectivity index (χ1) is 20.4. The van der Waals surface area contributed by atoms with Crippen molar-refractivity contribution in [3.05, 3.63) is 41.5 Å². The molecule has 232 valence electrons. The van der Waals surface area contributed by atoms with Crippen molar-refractivity contribution < 1.29 is 36.4 Å². The lowest BCUT2D eigenvalue weighted by Crippen LogP contribution is -2.75. The number of nitrogens with two attached hydrogens (primary N) is 1. The van der Waals surface area contributed by atoms with Gasteiger partial charge in [0.1, 0.15) is 35.6 Å². The number of anilines is 2. The molecule has 6 N–H and O–H groups in total. The van der Waals surface area contributed by atoms with Crippen LogP contribution in [0.4, 0.5) is 10.9 Å². The van der Waals surface area contributed by atoms with E-state index in [9.17, 15) is 18.0 Å². The number of β-lactam (4-membered cyclic amide) rings is 1. The van der Waals surface area contributed by atoms with E-state index in [0.29, 0.717) is 41.6 Å². The van der Waals surface area contributed by atoms with Gasteiger partial charge in [-0.15, -0.1) is 15.6 Å². The summed E-state index contributed by atoms with van der Waals surface area (Å²) in [7, 11) is -4.74. The number of ether oxygens (including phenoxy) is 1. The van der Waals surface area contributed by atoms with Gasteiger partial charge in [-0.3, -0.25) is 14.1 Å². The SMILES string of the molecule is C/C(=N\OCCOc1ccc2c(NC3CNC3)nccc2c1)c1csc(N)n1.CC1(C)[C@H](NC=O)C(=O)N1OS(=O)(=O)O. The Bertz CT molecular complexity index is 1590. The summed E-state index contributed by atoms with van der Waals surface area (Å²) >= 11 is 1.38. The van der Waals surface area contributed by atoms with Gasteiger partial charge in [0.2, 0.25) is 6.41 Å². The number of hydrogen-bond acceptors (Lipinski definition) is 14. The van der Waals surface area contributed by atoms with E-state index in [4.69, 9.17) is 19.9 Å². The molecule has 1 aromatic carbocycles. The number of oxime groups is 1. The molecule has 0 spiro atoms. The summed E-state index contributed by atoms with van der Waals surface area (Å²) in [5, 5.41) is 18.0. The first-order valence-corrected chi connectivity index (χ1v) is 15.2. The maximum atomic E-state index is 11.2. The third kappa shape index (κ3) is 8.05. The van der Waals surface area contributed by atoms with E-state index in [2.05, 4.69) is 35.4 Å². The molecule has 2 aliphatic heterocycles. The standard InChI is InChI=1S/C19H22N6O2S.C6H10N2O6S/c1-12(17-11-28-19(20)24-17)25-27-7-6-26-15-2-3-16-13(8-15)4-5-22-18(16)23-14-9-21-10-14;1-6(2)4(7-3-9)5(10)8(6)14-15(11,12)13/h2-5,8,11,14,21H,6-7,9-10H2,1H3,(H2,20,24)(H,22,23);3-4H,1-2H3,(H,7,9)(H,11,12,13)/b25-12+;/t;4-/m.1/s1. The summed E-state index contributed by atoms with van der Waals surface area (Å²) in [6.07, 6.45) is 2.14. The average molecular weight is 637 g/mol. The summed E-state index contributed by atoms with van der Waals surface area (Å²) in [4.78, 5) is 35.3. The molecule has 0 radical (unpaired) electrons. The summed E-state index contributed by atoms with van der Waals surface area (Å²) < 4.78 is 39.0. The monoisotopic (exact) mass is 636 g/mol. The summed E-state index contributed by atoms with van der Waals surface area (Å²) in [5.41, 5.74) is 6.00. The van der Waals surface area contributed by atoms with Crippen LogP contribution in [0.15, 0.2) is 41.0 Å². The lowest BCUT2D eigenvalue weighted by molar-refractivity contribution is -0.218. The second kappa shape index (κ2) is 13.5. The smallest absolute Gasteiger partial charge is 0.418 e. The van der Waals surface area contributed by atoms with E-state index in [1.807, 2.05) is 42.8 Å². The van der Waals surface area contributed by atoms with Crippen LogP contribution in [0, 0.1) is 0 Å². The van der Waals surface area contributed by atoms with Gasteiger partial charge in [-0.1, -0.05) is 5.16 Å². The number of fused-ring (bicyclic) bond motifs is 1. The zero-order valence-electron chi connectivity index (χ0n) is 23.5. The number of rotatable bonds is 12. The number of nitrogens with zero attached hydrogens (tertiary/aromatic N) is 4. The summed E-state index contributed by atoms with van der Waals surface area (Å²) in [6.45, 7) is 7.45. The van der Waals surface area contributed by atoms with Crippen molar-refractivity contribution in [3.8, 4) is 5.75 Å². The Morgan fingerprint density at radius 3 is 2.70 bits per heavy atom. The highest BCUT2D eigenvalue weighted by Crippen LogP contribution is 2.32. The Morgan fingerprint density at radius 2 is 2.09 bits per heavy atom. The highest BCUT2D eigenvalue weighted by molar-refractivity contribution is 7.80. The van der Waals surface area contributed by atoms with E-state index in [1.165, 1.54) is 25.2 Å². The van der Waals surface area contributed by atoms with Crippen LogP contribution in [0.3, 0.4) is 0 Å². The van der Waals surface area contributed by atoms with E-state index in [-0.39, 0.29) is 0 Å². The minimum Gasteiger partial charge on any atom is -0.490 e. The number of carbonyl (C=O) groups excluding carboxylic acids is 2. The molecule has 3 aromatic rings. The van der Waals surface area contributed by atoms with Gasteiger partial charge in [0.15, 0.2) is 11.7 Å². The predicted octanol–water partition coefficient (Wildman–Crippen LogP) is 0.933. The van der Waals surface area contributed by atoms with Crippen molar-refractivity contribution in [2.45, 2.75) is 38.4 Å². The molecule has 4 heterocycles. The molecule has 0 bridgehead atoms. The Balaban J connectivity index is 0.000000239. The van der Waals surface area contributed by atoms with Crippen LogP contribution >= 0.6 is 11.3 Å². The van der Waals surface area contributed by atoms with Crippen LogP contribution in [0.2, 0.25) is 0 Å².